The molecule has 0 bridgehead atoms. The average molecular weight is 1010 g/mol. The molecule has 26 heteroatoms. The lowest BCUT2D eigenvalue weighted by atomic mass is 9.96. The number of nitrogens with two attached hydrogens (primary N) is 4. The van der Waals surface area contributed by atoms with Crippen LogP contribution in [0.15, 0.2) is 24.3 Å². The van der Waals surface area contributed by atoms with Gasteiger partial charge in [-0.2, -0.15) is 0 Å². The zero-order valence-electron chi connectivity index (χ0n) is 39.1. The van der Waals surface area contributed by atoms with Crippen molar-refractivity contribution in [3.63, 3.8) is 0 Å². The minimum Gasteiger partial charge on any atom is -0.508 e. The van der Waals surface area contributed by atoms with E-state index in [2.05, 4.69) is 37.2 Å². The Bertz CT molecular complexity index is 2050. The molecule has 11 amide bonds. The first-order valence-electron chi connectivity index (χ1n) is 22.5. The summed E-state index contributed by atoms with van der Waals surface area (Å²) in [7, 11) is 2.05. The number of benzene rings is 1. The number of rotatable bonds is 17. The minimum absolute atomic E-state index is 0.0468. The highest BCUT2D eigenvalue weighted by atomic mass is 33.1. The highest BCUT2D eigenvalue weighted by Gasteiger charge is 2.41. The monoisotopic (exact) mass is 1010 g/mol. The van der Waals surface area contributed by atoms with Gasteiger partial charge in [-0.25, -0.2) is 0 Å². The highest BCUT2D eigenvalue weighted by Crippen LogP contribution is 2.26. The molecule has 1 unspecified atom stereocenters. The van der Waals surface area contributed by atoms with Gasteiger partial charge in [0.2, 0.25) is 65.0 Å². The van der Waals surface area contributed by atoms with E-state index in [4.69, 9.17) is 22.9 Å². The van der Waals surface area contributed by atoms with Crippen LogP contribution in [0.2, 0.25) is 0 Å². The Morgan fingerprint density at radius 1 is 0.783 bits per heavy atom. The van der Waals surface area contributed by atoms with Crippen LogP contribution in [-0.2, 0) is 59.2 Å². The molecule has 16 N–H and O–H groups in total. The molecule has 0 aliphatic carbocycles. The second-order valence-electron chi connectivity index (χ2n) is 17.4. The lowest BCUT2D eigenvalue weighted by Gasteiger charge is -2.31. The number of primary amides is 3. The number of hydrogen-bond acceptors (Lipinski definition) is 15. The molecule has 0 spiro atoms. The lowest BCUT2D eigenvalue weighted by molar-refractivity contribution is -0.142. The van der Waals surface area contributed by atoms with Crippen molar-refractivity contribution in [2.45, 2.75) is 127 Å². The minimum atomic E-state index is -1.75. The number of aromatic hydroxyl groups is 1. The van der Waals surface area contributed by atoms with Crippen LogP contribution in [-0.4, -0.2) is 148 Å². The zero-order valence-corrected chi connectivity index (χ0v) is 40.7. The summed E-state index contributed by atoms with van der Waals surface area (Å²) in [5.41, 5.74) is 22.9. The third-order valence-electron chi connectivity index (χ3n) is 11.3. The van der Waals surface area contributed by atoms with E-state index >= 15 is 0 Å². The van der Waals surface area contributed by atoms with Crippen molar-refractivity contribution in [3.05, 3.63) is 29.8 Å². The van der Waals surface area contributed by atoms with Crippen molar-refractivity contribution in [3.8, 4) is 5.75 Å². The Hall–Kier alpha value is -6.15. The molecule has 2 aliphatic heterocycles. The van der Waals surface area contributed by atoms with E-state index < -0.39 is 145 Å². The molecular weight excluding hydrogens is 941 g/mol. The Labute approximate surface area is 407 Å². The largest absolute Gasteiger partial charge is 0.508 e. The molecule has 1 aromatic rings. The number of nitrogens with one attached hydrogen (secondary N) is 7. The number of amides is 11. The van der Waals surface area contributed by atoms with Crippen LogP contribution in [0.1, 0.15) is 78.2 Å². The van der Waals surface area contributed by atoms with Gasteiger partial charge in [-0.3, -0.25) is 52.7 Å². The van der Waals surface area contributed by atoms with Crippen molar-refractivity contribution < 1.29 is 57.8 Å². The van der Waals surface area contributed by atoms with Gasteiger partial charge in [0.1, 0.15) is 48.0 Å². The third kappa shape index (κ3) is 18.7. The number of carbonyl (C=O) groups is 11. The smallest absolute Gasteiger partial charge is 0.246 e. The van der Waals surface area contributed by atoms with Crippen molar-refractivity contribution in [1.29, 1.82) is 0 Å². The molecule has 2 aliphatic rings. The Kier molecular flexibility index (Phi) is 23.0. The predicted molar refractivity (Wildman–Crippen MR) is 254 cm³/mol. The van der Waals surface area contributed by atoms with Gasteiger partial charge in [0.15, 0.2) is 0 Å². The van der Waals surface area contributed by atoms with E-state index in [-0.39, 0.29) is 49.0 Å². The second-order valence-corrected chi connectivity index (χ2v) is 20.0. The Morgan fingerprint density at radius 2 is 1.39 bits per heavy atom. The molecule has 0 aromatic heterocycles. The normalized spacial score (nSPS) is 24.3. The lowest BCUT2D eigenvalue weighted by Crippen LogP contribution is -2.61. The number of phenols is 1. The van der Waals surface area contributed by atoms with Crippen LogP contribution in [0.3, 0.4) is 0 Å². The third-order valence-corrected chi connectivity index (χ3v) is 13.7. The maximum absolute atomic E-state index is 14.5. The summed E-state index contributed by atoms with van der Waals surface area (Å²) in [5, 5.41) is 27.7. The SMILES string of the molecule is CC[C@H](C)C1NC(=O)[C@H](Cc2ccc(O)cc2)NC(=O)[C@@H](N)CSSC[C@@H](C(=O)N2CCC[C@H]2C(=O)N[C@@H](CC(C)C)C(=O)NCC(N)=O)NC(=O)[C@H](CC(N)=O)NC(=O)[C@H](CCC(N)=O)NC1=O. The fourth-order valence-electron chi connectivity index (χ4n) is 7.34. The summed E-state index contributed by atoms with van der Waals surface area (Å²) in [4.78, 5) is 148. The number of hydrogen-bond donors (Lipinski definition) is 12. The first-order chi connectivity index (χ1) is 32.5. The molecule has 24 nitrogen and oxygen atoms in total. The van der Waals surface area contributed by atoms with Crippen LogP contribution < -0.4 is 60.2 Å². The van der Waals surface area contributed by atoms with E-state index in [0.717, 1.165) is 21.6 Å². The first kappa shape index (κ1) is 57.2. The molecule has 9 atom stereocenters. The van der Waals surface area contributed by atoms with Crippen LogP contribution in [0.5, 0.6) is 5.75 Å². The molecule has 69 heavy (non-hydrogen) atoms. The van der Waals surface area contributed by atoms with Crippen LogP contribution in [0, 0.1) is 11.8 Å². The summed E-state index contributed by atoms with van der Waals surface area (Å²) in [6.45, 7) is 6.60. The fourth-order valence-corrected chi connectivity index (χ4v) is 9.62. The van der Waals surface area contributed by atoms with Gasteiger partial charge in [0, 0.05) is 30.9 Å². The molecule has 2 saturated heterocycles. The molecule has 0 radical (unpaired) electrons. The second kappa shape index (κ2) is 27.7. The zero-order chi connectivity index (χ0) is 51.5. The van der Waals surface area contributed by atoms with Crippen molar-refractivity contribution in [2.75, 3.05) is 24.6 Å². The number of likely N-dealkylation sites (tertiary alicyclic amines) is 1. The Balaban J connectivity index is 2.05. The van der Waals surface area contributed by atoms with E-state index in [1.807, 2.05) is 13.8 Å². The Morgan fingerprint density at radius 3 is 2.00 bits per heavy atom. The van der Waals surface area contributed by atoms with Gasteiger partial charge < -0.3 is 70.2 Å². The molecule has 2 fully saturated rings. The summed E-state index contributed by atoms with van der Waals surface area (Å²) in [5.74, 6) is -10.4. The van der Waals surface area contributed by atoms with Gasteiger partial charge in [-0.05, 0) is 55.2 Å². The highest BCUT2D eigenvalue weighted by molar-refractivity contribution is 8.76. The quantitative estimate of drug-likeness (QED) is 0.0671. The van der Waals surface area contributed by atoms with Crippen molar-refractivity contribution in [1.82, 2.24) is 42.1 Å². The molecule has 0 saturated carbocycles. The van der Waals surface area contributed by atoms with Gasteiger partial charge in [-0.1, -0.05) is 67.8 Å². The predicted octanol–water partition coefficient (Wildman–Crippen LogP) is -3.61. The van der Waals surface area contributed by atoms with Crippen LogP contribution in [0.4, 0.5) is 0 Å². The van der Waals surface area contributed by atoms with Gasteiger partial charge in [0.05, 0.1) is 19.0 Å². The number of phenolic OH excluding ortho intramolecular Hbond substituents is 1. The standard InChI is InChI=1S/C43H66N12O12S2/c1-5-22(4)35-42(66)49-26(12-13-32(45)57)38(62)51-29(17-33(46)58)39(63)53-30(20-69-68-19-25(44)36(60)50-28(40(64)54-35)16-23-8-10-24(56)11-9-23)43(67)55-14-6-7-31(55)41(65)52-27(15-21(2)3)37(61)48-18-34(47)59/h8-11,21-22,25-31,35,56H,5-7,12-20,44H2,1-4H3,(H2,45,57)(H2,46,58)(H2,47,59)(H,48,61)(H,49,66)(H,50,60)(H,51,62)(H,52,65)(H,53,63)(H,54,64)/t22-,25-,26-,27-,28-,29-,30-,31-,35?/m0/s1. The maximum Gasteiger partial charge on any atom is 0.246 e. The summed E-state index contributed by atoms with van der Waals surface area (Å²) in [6, 6.07) is -5.05. The van der Waals surface area contributed by atoms with Gasteiger partial charge >= 0.3 is 0 Å². The number of nitrogens with zero attached hydrogens (tertiary/aromatic N) is 1. The number of carbonyl (C=O) groups excluding carboxylic acids is 11. The molecule has 3 rings (SSSR count). The van der Waals surface area contributed by atoms with Gasteiger partial charge in [-0.15, -0.1) is 0 Å². The van der Waals surface area contributed by atoms with Gasteiger partial charge in [0.25, 0.3) is 0 Å². The first-order valence-corrected chi connectivity index (χ1v) is 25.0. The van der Waals surface area contributed by atoms with Crippen LogP contribution >= 0.6 is 21.6 Å². The van der Waals surface area contributed by atoms with E-state index in [1.54, 1.807) is 13.8 Å². The molecule has 382 valence electrons. The molecule has 2 heterocycles. The summed E-state index contributed by atoms with van der Waals surface area (Å²) in [6.07, 6.45) is -0.694. The molecule has 1 aromatic carbocycles. The van der Waals surface area contributed by atoms with E-state index in [1.165, 1.54) is 29.2 Å². The topological polar surface area (TPSA) is 400 Å². The average Bonchev–Trinajstić information content (AvgIpc) is 3.78. The van der Waals surface area contributed by atoms with E-state index in [0.29, 0.717) is 18.4 Å². The van der Waals surface area contributed by atoms with E-state index in [9.17, 15) is 57.8 Å². The van der Waals surface area contributed by atoms with Crippen molar-refractivity contribution in [2.24, 2.45) is 34.8 Å². The van der Waals surface area contributed by atoms with Crippen molar-refractivity contribution >= 4 is 86.6 Å². The molecular formula is C43H66N12O12S2. The van der Waals surface area contributed by atoms with Crippen LogP contribution in [0.25, 0.3) is 0 Å². The fraction of sp³-hybridized carbons (Fsp3) is 0.605. The maximum atomic E-state index is 14.5. The summed E-state index contributed by atoms with van der Waals surface area (Å²) >= 11 is 0. The summed E-state index contributed by atoms with van der Waals surface area (Å²) < 4.78 is 0.